The summed E-state index contributed by atoms with van der Waals surface area (Å²) in [6, 6.07) is 0. The second kappa shape index (κ2) is 5.99. The maximum absolute atomic E-state index is 11.2. The topological polar surface area (TPSA) is 99.3 Å². The van der Waals surface area contributed by atoms with Gasteiger partial charge in [-0.05, 0) is 20.8 Å². The molecule has 0 radical (unpaired) electrons. The highest BCUT2D eigenvalue weighted by molar-refractivity contribution is 5.76. The van der Waals surface area contributed by atoms with Gasteiger partial charge in [0.1, 0.15) is 12.2 Å². The number of carbonyl (C=O) groups excluding carboxylic acids is 1. The largest absolute Gasteiger partial charge is 0.465 e. The molecule has 1 heterocycles. The molecule has 8 heteroatoms. The summed E-state index contributed by atoms with van der Waals surface area (Å²) in [6.45, 7) is 5.68. The van der Waals surface area contributed by atoms with Crippen LogP contribution in [0.5, 0.6) is 0 Å². The Bertz CT molecular complexity index is 455. The molecule has 100 valence electrons. The predicted octanol–water partition coefficient (Wildman–Crippen LogP) is 1.09. The van der Waals surface area contributed by atoms with E-state index in [0.717, 1.165) is 0 Å². The van der Waals surface area contributed by atoms with Gasteiger partial charge >= 0.3 is 11.7 Å². The van der Waals surface area contributed by atoms with Crippen LogP contribution < -0.4 is 5.32 Å². The van der Waals surface area contributed by atoms with Gasteiger partial charge in [-0.15, -0.1) is 0 Å². The molecular weight excluding hydrogens is 240 g/mol. The zero-order chi connectivity index (χ0) is 13.7. The van der Waals surface area contributed by atoms with Crippen LogP contribution in [-0.4, -0.2) is 33.8 Å². The molecule has 8 nitrogen and oxygen atoms in total. The van der Waals surface area contributed by atoms with Crippen molar-refractivity contribution < 1.29 is 14.5 Å². The summed E-state index contributed by atoms with van der Waals surface area (Å²) < 4.78 is 6.19. The number of nitrogens with zero attached hydrogens (tertiary/aromatic N) is 3. The zero-order valence-electron chi connectivity index (χ0n) is 10.6. The molecule has 0 fully saturated rings. The van der Waals surface area contributed by atoms with Crippen molar-refractivity contribution in [2.45, 2.75) is 27.3 Å². The Morgan fingerprint density at radius 1 is 1.56 bits per heavy atom. The fraction of sp³-hybridized carbons (Fsp3) is 0.600. The first kappa shape index (κ1) is 13.9. The lowest BCUT2D eigenvalue weighted by atomic mass is 10.4. The van der Waals surface area contributed by atoms with E-state index in [1.54, 1.807) is 13.8 Å². The molecule has 1 rings (SSSR count). The first-order valence-corrected chi connectivity index (χ1v) is 5.62. The van der Waals surface area contributed by atoms with Gasteiger partial charge in [0.25, 0.3) is 0 Å². The first-order chi connectivity index (χ1) is 8.51. The van der Waals surface area contributed by atoms with E-state index in [4.69, 9.17) is 4.74 Å². The number of ether oxygens (including phenoxy) is 1. The molecule has 1 N–H and O–H groups in total. The average molecular weight is 256 g/mol. The Morgan fingerprint density at radius 2 is 2.22 bits per heavy atom. The summed E-state index contributed by atoms with van der Waals surface area (Å²) in [5, 5.41) is 17.7. The van der Waals surface area contributed by atoms with Crippen LogP contribution in [0.4, 0.5) is 11.5 Å². The number of hydrogen-bond donors (Lipinski definition) is 1. The smallest absolute Gasteiger partial charge is 0.333 e. The Balaban J connectivity index is 2.92. The van der Waals surface area contributed by atoms with Gasteiger partial charge in [0.2, 0.25) is 5.82 Å². The number of hydrogen-bond acceptors (Lipinski definition) is 6. The van der Waals surface area contributed by atoms with Crippen molar-refractivity contribution in [2.24, 2.45) is 0 Å². The van der Waals surface area contributed by atoms with Crippen molar-refractivity contribution in [3.8, 4) is 0 Å². The van der Waals surface area contributed by atoms with E-state index in [2.05, 4.69) is 10.4 Å². The predicted molar refractivity (Wildman–Crippen MR) is 64.4 cm³/mol. The van der Waals surface area contributed by atoms with E-state index in [0.29, 0.717) is 12.2 Å². The van der Waals surface area contributed by atoms with Gasteiger partial charge in [-0.2, -0.15) is 5.10 Å². The van der Waals surface area contributed by atoms with Crippen LogP contribution in [-0.2, 0) is 16.1 Å². The number of anilines is 1. The average Bonchev–Trinajstić information content (AvgIpc) is 2.63. The molecule has 0 amide bonds. The fourth-order valence-corrected chi connectivity index (χ4v) is 1.56. The molecular formula is C10H16N4O4. The third kappa shape index (κ3) is 2.96. The van der Waals surface area contributed by atoms with Crippen molar-refractivity contribution in [3.63, 3.8) is 0 Å². The van der Waals surface area contributed by atoms with Gasteiger partial charge in [0, 0.05) is 6.54 Å². The molecule has 1 aromatic rings. The molecule has 1 aromatic heterocycles. The minimum atomic E-state index is -0.512. The minimum Gasteiger partial charge on any atom is -0.465 e. The van der Waals surface area contributed by atoms with Gasteiger partial charge < -0.3 is 10.1 Å². The summed E-state index contributed by atoms with van der Waals surface area (Å²) in [4.78, 5) is 21.6. The van der Waals surface area contributed by atoms with Crippen LogP contribution in [0.15, 0.2) is 0 Å². The lowest BCUT2D eigenvalue weighted by Gasteiger charge is -2.06. The van der Waals surface area contributed by atoms with Crippen molar-refractivity contribution in [1.82, 2.24) is 9.78 Å². The molecule has 0 spiro atoms. The standard InChI is InChI=1S/C10H16N4O4/c1-4-13-10(11-6-8(15)18-5-2)9(14(16)17)7(3)12-13/h11H,4-6H2,1-3H3. The van der Waals surface area contributed by atoms with E-state index in [1.807, 2.05) is 6.92 Å². The Kier molecular flexibility index (Phi) is 4.64. The van der Waals surface area contributed by atoms with Crippen molar-refractivity contribution in [3.05, 3.63) is 15.8 Å². The fourth-order valence-electron chi connectivity index (χ4n) is 1.56. The molecule has 0 aliphatic heterocycles. The Hall–Kier alpha value is -2.12. The lowest BCUT2D eigenvalue weighted by Crippen LogP contribution is -2.19. The number of carbonyl (C=O) groups is 1. The van der Waals surface area contributed by atoms with Crippen molar-refractivity contribution in [2.75, 3.05) is 18.5 Å². The number of nitrogens with one attached hydrogen (secondary N) is 1. The molecule has 0 saturated heterocycles. The molecule has 0 unspecified atom stereocenters. The first-order valence-electron chi connectivity index (χ1n) is 5.62. The maximum atomic E-state index is 11.2. The summed E-state index contributed by atoms with van der Waals surface area (Å²) in [7, 11) is 0. The zero-order valence-corrected chi connectivity index (χ0v) is 10.6. The third-order valence-electron chi connectivity index (χ3n) is 2.28. The second-order valence-electron chi connectivity index (χ2n) is 3.51. The number of esters is 1. The van der Waals surface area contributed by atoms with Crippen LogP contribution in [0, 0.1) is 17.0 Å². The molecule has 0 atom stereocenters. The number of rotatable bonds is 6. The highest BCUT2D eigenvalue weighted by Gasteiger charge is 2.25. The highest BCUT2D eigenvalue weighted by atomic mass is 16.6. The van der Waals surface area contributed by atoms with Gasteiger partial charge in [0.05, 0.1) is 11.5 Å². The lowest BCUT2D eigenvalue weighted by molar-refractivity contribution is -0.384. The van der Waals surface area contributed by atoms with E-state index in [1.165, 1.54) is 4.68 Å². The Morgan fingerprint density at radius 3 is 2.72 bits per heavy atom. The van der Waals surface area contributed by atoms with Gasteiger partial charge in [-0.25, -0.2) is 4.68 Å². The SMILES string of the molecule is CCOC(=O)CNc1c([N+](=O)[O-])c(C)nn1CC. The van der Waals surface area contributed by atoms with Crippen molar-refractivity contribution >= 4 is 17.5 Å². The minimum absolute atomic E-state index is 0.110. The quantitative estimate of drug-likeness (QED) is 0.464. The van der Waals surface area contributed by atoms with E-state index in [9.17, 15) is 14.9 Å². The van der Waals surface area contributed by atoms with Crippen LogP contribution >= 0.6 is 0 Å². The Labute approximate surface area is 104 Å². The van der Waals surface area contributed by atoms with Crippen LogP contribution in [0.2, 0.25) is 0 Å². The molecule has 18 heavy (non-hydrogen) atoms. The van der Waals surface area contributed by atoms with Crippen LogP contribution in [0.1, 0.15) is 19.5 Å². The molecule has 0 bridgehead atoms. The molecule has 0 saturated carbocycles. The van der Waals surface area contributed by atoms with Crippen LogP contribution in [0.25, 0.3) is 0 Å². The van der Waals surface area contributed by atoms with Crippen LogP contribution in [0.3, 0.4) is 0 Å². The van der Waals surface area contributed by atoms with Gasteiger partial charge in [-0.1, -0.05) is 0 Å². The van der Waals surface area contributed by atoms with Gasteiger partial charge in [0.15, 0.2) is 0 Å². The monoisotopic (exact) mass is 256 g/mol. The second-order valence-corrected chi connectivity index (χ2v) is 3.51. The number of aryl methyl sites for hydroxylation is 2. The highest BCUT2D eigenvalue weighted by Crippen LogP contribution is 2.27. The number of nitro groups is 1. The third-order valence-corrected chi connectivity index (χ3v) is 2.28. The molecule has 0 aliphatic carbocycles. The van der Waals surface area contributed by atoms with E-state index < -0.39 is 10.9 Å². The summed E-state index contributed by atoms with van der Waals surface area (Å²) >= 11 is 0. The summed E-state index contributed by atoms with van der Waals surface area (Å²) in [5.74, 6) is -0.235. The summed E-state index contributed by atoms with van der Waals surface area (Å²) in [6.07, 6.45) is 0. The van der Waals surface area contributed by atoms with E-state index >= 15 is 0 Å². The summed E-state index contributed by atoms with van der Waals surface area (Å²) in [5.41, 5.74) is 0.203. The van der Waals surface area contributed by atoms with Gasteiger partial charge in [-0.3, -0.25) is 14.9 Å². The van der Waals surface area contributed by atoms with E-state index in [-0.39, 0.29) is 24.7 Å². The molecule has 0 aromatic carbocycles. The van der Waals surface area contributed by atoms with Crippen molar-refractivity contribution in [1.29, 1.82) is 0 Å². The maximum Gasteiger partial charge on any atom is 0.333 e. The normalized spacial score (nSPS) is 10.2. The molecule has 0 aliphatic rings. The number of aromatic nitrogens is 2.